The quantitative estimate of drug-likeness (QED) is 0.882. The summed E-state index contributed by atoms with van der Waals surface area (Å²) < 4.78 is 0. The molecule has 0 bridgehead atoms. The van der Waals surface area contributed by atoms with Crippen molar-refractivity contribution in [3.05, 3.63) is 57.8 Å². The predicted octanol–water partition coefficient (Wildman–Crippen LogP) is 3.25. The number of carbonyl (C=O) groups excluding carboxylic acids is 1. The van der Waals surface area contributed by atoms with Crippen molar-refractivity contribution >= 4 is 29.1 Å². The van der Waals surface area contributed by atoms with Crippen LogP contribution in [0, 0.1) is 0 Å². The number of hydrogen-bond acceptors (Lipinski definition) is 1. The van der Waals surface area contributed by atoms with E-state index < -0.39 is 0 Å². The van der Waals surface area contributed by atoms with Gasteiger partial charge in [0.1, 0.15) is 0 Å². The zero-order valence-corrected chi connectivity index (χ0v) is 10.3. The van der Waals surface area contributed by atoms with Crippen LogP contribution in [0.15, 0.2) is 36.7 Å². The monoisotopic (exact) mass is 268 g/mol. The summed E-state index contributed by atoms with van der Waals surface area (Å²) >= 11 is 11.7. The van der Waals surface area contributed by atoms with Crippen LogP contribution in [0.2, 0.25) is 10.0 Å². The highest BCUT2D eigenvalue weighted by atomic mass is 35.5. The molecule has 0 unspecified atom stereocenters. The molecule has 5 heteroatoms. The molecular weight excluding hydrogens is 259 g/mol. The highest BCUT2D eigenvalue weighted by Gasteiger charge is 2.10. The molecule has 1 amide bonds. The fourth-order valence-electron chi connectivity index (χ4n) is 1.42. The second-order valence-electron chi connectivity index (χ2n) is 3.53. The number of H-pyrrole nitrogens is 1. The molecule has 0 spiro atoms. The Morgan fingerprint density at radius 2 is 2.12 bits per heavy atom. The van der Waals surface area contributed by atoms with Gasteiger partial charge in [0.05, 0.1) is 10.6 Å². The molecule has 1 aromatic carbocycles. The lowest BCUT2D eigenvalue weighted by atomic mass is 10.2. The largest absolute Gasteiger partial charge is 0.367 e. The van der Waals surface area contributed by atoms with Crippen LogP contribution in [0.4, 0.5) is 0 Å². The third-order valence-electron chi connectivity index (χ3n) is 2.29. The zero-order chi connectivity index (χ0) is 12.3. The summed E-state index contributed by atoms with van der Waals surface area (Å²) in [6.07, 6.45) is 3.63. The molecule has 0 atom stereocenters. The van der Waals surface area contributed by atoms with Crippen LogP contribution in [-0.4, -0.2) is 10.9 Å². The van der Waals surface area contributed by atoms with Crippen LogP contribution >= 0.6 is 23.2 Å². The van der Waals surface area contributed by atoms with Gasteiger partial charge in [0.15, 0.2) is 0 Å². The molecule has 0 aliphatic heterocycles. The van der Waals surface area contributed by atoms with Crippen LogP contribution < -0.4 is 5.32 Å². The standard InChI is InChI=1S/C12H10Cl2N2O/c13-9-1-2-10(11(14)5-9)12(17)16-7-8-3-4-15-6-8/h1-6,15H,7H2,(H,16,17). The van der Waals surface area contributed by atoms with Gasteiger partial charge in [-0.3, -0.25) is 4.79 Å². The summed E-state index contributed by atoms with van der Waals surface area (Å²) in [4.78, 5) is 14.7. The summed E-state index contributed by atoms with van der Waals surface area (Å²) in [6, 6.07) is 6.69. The van der Waals surface area contributed by atoms with Gasteiger partial charge in [-0.15, -0.1) is 0 Å². The second-order valence-corrected chi connectivity index (χ2v) is 4.37. The fourth-order valence-corrected chi connectivity index (χ4v) is 1.91. The summed E-state index contributed by atoms with van der Waals surface area (Å²) in [5.74, 6) is -0.215. The third-order valence-corrected chi connectivity index (χ3v) is 2.84. The number of nitrogens with one attached hydrogen (secondary N) is 2. The molecule has 0 aliphatic rings. The van der Waals surface area contributed by atoms with Crippen molar-refractivity contribution in [2.45, 2.75) is 6.54 Å². The summed E-state index contributed by atoms with van der Waals surface area (Å²) in [5.41, 5.74) is 1.43. The number of halogens is 2. The van der Waals surface area contributed by atoms with Gasteiger partial charge in [0, 0.05) is 24.0 Å². The van der Waals surface area contributed by atoms with Crippen LogP contribution in [0.3, 0.4) is 0 Å². The van der Waals surface area contributed by atoms with Gasteiger partial charge in [0.25, 0.3) is 5.91 Å². The van der Waals surface area contributed by atoms with Crippen molar-refractivity contribution in [2.75, 3.05) is 0 Å². The lowest BCUT2D eigenvalue weighted by Gasteiger charge is -2.05. The van der Waals surface area contributed by atoms with Crippen molar-refractivity contribution < 1.29 is 4.79 Å². The minimum Gasteiger partial charge on any atom is -0.367 e. The molecule has 0 radical (unpaired) electrons. The molecule has 0 fully saturated rings. The van der Waals surface area contributed by atoms with Crippen molar-refractivity contribution in [1.82, 2.24) is 10.3 Å². The Morgan fingerprint density at radius 3 is 2.76 bits per heavy atom. The zero-order valence-electron chi connectivity index (χ0n) is 8.84. The maximum Gasteiger partial charge on any atom is 0.253 e. The maximum absolute atomic E-state index is 11.8. The Kier molecular flexibility index (Phi) is 3.71. The average molecular weight is 269 g/mol. The van der Waals surface area contributed by atoms with Crippen LogP contribution in [0.1, 0.15) is 15.9 Å². The predicted molar refractivity (Wildman–Crippen MR) is 68.4 cm³/mol. The third kappa shape index (κ3) is 3.02. The smallest absolute Gasteiger partial charge is 0.253 e. The van der Waals surface area contributed by atoms with Crippen molar-refractivity contribution in [2.24, 2.45) is 0 Å². The molecule has 17 heavy (non-hydrogen) atoms. The van der Waals surface area contributed by atoms with Gasteiger partial charge >= 0.3 is 0 Å². The number of hydrogen-bond donors (Lipinski definition) is 2. The van der Waals surface area contributed by atoms with Crippen molar-refractivity contribution in [1.29, 1.82) is 0 Å². The SMILES string of the molecule is O=C(NCc1cc[nH]c1)c1ccc(Cl)cc1Cl. The molecule has 2 N–H and O–H groups in total. The Labute approximate surface area is 109 Å². The normalized spacial score (nSPS) is 10.2. The first kappa shape index (κ1) is 12.0. The molecular formula is C12H10Cl2N2O. The van der Waals surface area contributed by atoms with E-state index in [1.165, 1.54) is 0 Å². The molecule has 0 aliphatic carbocycles. The van der Waals surface area contributed by atoms with E-state index in [0.29, 0.717) is 22.2 Å². The molecule has 2 rings (SSSR count). The first-order valence-electron chi connectivity index (χ1n) is 5.02. The summed E-state index contributed by atoms with van der Waals surface area (Å²) in [5, 5.41) is 3.64. The van der Waals surface area contributed by atoms with E-state index in [4.69, 9.17) is 23.2 Å². The number of aromatic amines is 1. The minimum atomic E-state index is -0.215. The molecule has 0 saturated carbocycles. The highest BCUT2D eigenvalue weighted by Crippen LogP contribution is 2.20. The molecule has 88 valence electrons. The van der Waals surface area contributed by atoms with Crippen molar-refractivity contribution in [3.8, 4) is 0 Å². The Balaban J connectivity index is 2.04. The average Bonchev–Trinajstić information content (AvgIpc) is 2.78. The lowest BCUT2D eigenvalue weighted by molar-refractivity contribution is 0.0951. The van der Waals surface area contributed by atoms with Crippen LogP contribution in [0.5, 0.6) is 0 Å². The van der Waals surface area contributed by atoms with E-state index >= 15 is 0 Å². The maximum atomic E-state index is 11.8. The van der Waals surface area contributed by atoms with E-state index in [2.05, 4.69) is 10.3 Å². The molecule has 1 aromatic heterocycles. The number of carbonyl (C=O) groups is 1. The van der Waals surface area contributed by atoms with Gasteiger partial charge in [-0.05, 0) is 29.8 Å². The highest BCUT2D eigenvalue weighted by molar-refractivity contribution is 6.36. The van der Waals surface area contributed by atoms with Crippen LogP contribution in [-0.2, 0) is 6.54 Å². The second kappa shape index (κ2) is 5.25. The number of benzene rings is 1. The first-order chi connectivity index (χ1) is 8.16. The molecule has 0 saturated heterocycles. The van der Waals surface area contributed by atoms with Crippen LogP contribution in [0.25, 0.3) is 0 Å². The van der Waals surface area contributed by atoms with Gasteiger partial charge in [-0.25, -0.2) is 0 Å². The van der Waals surface area contributed by atoms with E-state index in [1.807, 2.05) is 12.3 Å². The minimum absolute atomic E-state index is 0.215. The summed E-state index contributed by atoms with van der Waals surface area (Å²) in [6.45, 7) is 0.460. The van der Waals surface area contributed by atoms with E-state index in [-0.39, 0.29) is 5.91 Å². The topological polar surface area (TPSA) is 44.9 Å². The first-order valence-corrected chi connectivity index (χ1v) is 5.77. The van der Waals surface area contributed by atoms with Gasteiger partial charge < -0.3 is 10.3 Å². The van der Waals surface area contributed by atoms with Crippen molar-refractivity contribution in [3.63, 3.8) is 0 Å². The molecule has 1 heterocycles. The lowest BCUT2D eigenvalue weighted by Crippen LogP contribution is -2.22. The molecule has 3 nitrogen and oxygen atoms in total. The number of rotatable bonds is 3. The van der Waals surface area contributed by atoms with Gasteiger partial charge in [-0.2, -0.15) is 0 Å². The molecule has 2 aromatic rings. The van der Waals surface area contributed by atoms with Gasteiger partial charge in [0.2, 0.25) is 0 Å². The summed E-state index contributed by atoms with van der Waals surface area (Å²) in [7, 11) is 0. The Bertz CT molecular complexity index is 523. The van der Waals surface area contributed by atoms with Gasteiger partial charge in [-0.1, -0.05) is 23.2 Å². The van der Waals surface area contributed by atoms with E-state index in [1.54, 1.807) is 24.4 Å². The Hall–Kier alpha value is -1.45. The number of amides is 1. The van der Waals surface area contributed by atoms with E-state index in [0.717, 1.165) is 5.56 Å². The fraction of sp³-hybridized carbons (Fsp3) is 0.0833. The number of aromatic nitrogens is 1. The van der Waals surface area contributed by atoms with E-state index in [9.17, 15) is 4.79 Å². The Morgan fingerprint density at radius 1 is 1.29 bits per heavy atom.